The van der Waals surface area contributed by atoms with Crippen LogP contribution >= 0.6 is 0 Å². The molecule has 0 radical (unpaired) electrons. The fourth-order valence-electron chi connectivity index (χ4n) is 2.00. The molecule has 0 unspecified atom stereocenters. The van der Waals surface area contributed by atoms with Gasteiger partial charge in [-0.05, 0) is 6.92 Å². The molecule has 0 aliphatic carbocycles. The van der Waals surface area contributed by atoms with Crippen LogP contribution in [0, 0.1) is 0 Å². The molecule has 2 rings (SSSR count). The number of nitrogens with one attached hydrogen (secondary N) is 1. The van der Waals surface area contributed by atoms with Gasteiger partial charge in [0.25, 0.3) is 0 Å². The van der Waals surface area contributed by atoms with Gasteiger partial charge in [-0.2, -0.15) is 0 Å². The van der Waals surface area contributed by atoms with Crippen LogP contribution in [0.5, 0.6) is 0 Å². The van der Waals surface area contributed by atoms with Gasteiger partial charge in [0.15, 0.2) is 0 Å². The molecule has 0 spiro atoms. The molecule has 2 heterocycles. The lowest BCUT2D eigenvalue weighted by atomic mass is 10.2. The highest BCUT2D eigenvalue weighted by Gasteiger charge is 2.22. The molecule has 5 nitrogen and oxygen atoms in total. The lowest BCUT2D eigenvalue weighted by Gasteiger charge is -2.34. The summed E-state index contributed by atoms with van der Waals surface area (Å²) in [5, 5.41) is 3.28. The van der Waals surface area contributed by atoms with Gasteiger partial charge in [-0.25, -0.2) is 4.98 Å². The summed E-state index contributed by atoms with van der Waals surface area (Å²) >= 11 is 0. The van der Waals surface area contributed by atoms with E-state index < -0.39 is 0 Å². The number of amides is 1. The molecule has 1 aliphatic rings. The van der Waals surface area contributed by atoms with E-state index in [0.29, 0.717) is 12.5 Å². The first-order valence-corrected chi connectivity index (χ1v) is 5.73. The largest absolute Gasteiger partial charge is 0.337 e. The Morgan fingerprint density at radius 3 is 3.19 bits per heavy atom. The molecule has 1 aliphatic heterocycles. The van der Waals surface area contributed by atoms with E-state index in [1.54, 1.807) is 12.5 Å². The van der Waals surface area contributed by atoms with E-state index >= 15 is 0 Å². The first-order valence-electron chi connectivity index (χ1n) is 5.73. The molecular formula is C11H18N4O. The molecule has 88 valence electrons. The Hall–Kier alpha value is -1.36. The van der Waals surface area contributed by atoms with Gasteiger partial charge < -0.3 is 14.8 Å². The van der Waals surface area contributed by atoms with Gasteiger partial charge in [-0.1, -0.05) is 0 Å². The van der Waals surface area contributed by atoms with Gasteiger partial charge in [0.1, 0.15) is 0 Å². The van der Waals surface area contributed by atoms with Crippen LogP contribution in [0.15, 0.2) is 18.7 Å². The summed E-state index contributed by atoms with van der Waals surface area (Å²) in [6, 6.07) is 0.309. The number of piperazine rings is 1. The van der Waals surface area contributed by atoms with Crippen molar-refractivity contribution in [3.05, 3.63) is 18.7 Å². The van der Waals surface area contributed by atoms with Crippen LogP contribution < -0.4 is 5.32 Å². The standard InChI is InChI=1S/C11H18N4O/c1-10-8-12-4-7-15(10)11(16)2-5-14-6-3-13-9-14/h3,6,9-10,12H,2,4-5,7-8H2,1H3/t10-/m1/s1. The van der Waals surface area contributed by atoms with Crippen LogP contribution in [0.3, 0.4) is 0 Å². The maximum atomic E-state index is 12.0. The molecular weight excluding hydrogens is 204 g/mol. The van der Waals surface area contributed by atoms with Crippen molar-refractivity contribution in [3.63, 3.8) is 0 Å². The van der Waals surface area contributed by atoms with E-state index in [1.165, 1.54) is 0 Å². The number of carbonyl (C=O) groups is 1. The Labute approximate surface area is 95.5 Å². The zero-order valence-corrected chi connectivity index (χ0v) is 9.59. The number of carbonyl (C=O) groups excluding carboxylic acids is 1. The molecule has 1 amide bonds. The first-order chi connectivity index (χ1) is 7.77. The van der Waals surface area contributed by atoms with Gasteiger partial charge in [0.05, 0.1) is 6.33 Å². The average Bonchev–Trinajstić information content (AvgIpc) is 2.79. The lowest BCUT2D eigenvalue weighted by Crippen LogP contribution is -2.52. The molecule has 0 aromatic carbocycles. The Balaban J connectivity index is 1.83. The van der Waals surface area contributed by atoms with Gasteiger partial charge in [0, 0.05) is 51.0 Å². The molecule has 0 bridgehead atoms. The zero-order valence-electron chi connectivity index (χ0n) is 9.59. The van der Waals surface area contributed by atoms with E-state index in [2.05, 4.69) is 17.2 Å². The molecule has 1 saturated heterocycles. The Morgan fingerprint density at radius 1 is 1.62 bits per heavy atom. The number of aromatic nitrogens is 2. The minimum atomic E-state index is 0.239. The summed E-state index contributed by atoms with van der Waals surface area (Å²) < 4.78 is 1.94. The average molecular weight is 222 g/mol. The van der Waals surface area contributed by atoms with Crippen LogP contribution in [0.2, 0.25) is 0 Å². The molecule has 1 atom stereocenters. The van der Waals surface area contributed by atoms with Crippen LogP contribution in [0.25, 0.3) is 0 Å². The zero-order chi connectivity index (χ0) is 11.4. The second-order valence-corrected chi connectivity index (χ2v) is 4.19. The summed E-state index contributed by atoms with van der Waals surface area (Å²) in [7, 11) is 0. The summed E-state index contributed by atoms with van der Waals surface area (Å²) in [6.07, 6.45) is 5.92. The number of aryl methyl sites for hydroxylation is 1. The van der Waals surface area contributed by atoms with Crippen molar-refractivity contribution in [2.45, 2.75) is 25.9 Å². The molecule has 1 aromatic heterocycles. The maximum absolute atomic E-state index is 12.0. The number of imidazole rings is 1. The molecule has 1 N–H and O–H groups in total. The quantitative estimate of drug-likeness (QED) is 0.788. The molecule has 1 fully saturated rings. The van der Waals surface area contributed by atoms with E-state index in [-0.39, 0.29) is 5.91 Å². The Bertz CT molecular complexity index is 336. The summed E-state index contributed by atoms with van der Waals surface area (Å²) in [5.74, 6) is 0.239. The fourth-order valence-corrected chi connectivity index (χ4v) is 2.00. The van der Waals surface area contributed by atoms with Crippen molar-refractivity contribution in [1.29, 1.82) is 0 Å². The second-order valence-electron chi connectivity index (χ2n) is 4.19. The lowest BCUT2D eigenvalue weighted by molar-refractivity contribution is -0.134. The molecule has 16 heavy (non-hydrogen) atoms. The molecule has 5 heteroatoms. The van der Waals surface area contributed by atoms with Crippen molar-refractivity contribution in [1.82, 2.24) is 19.8 Å². The number of nitrogens with zero attached hydrogens (tertiary/aromatic N) is 3. The summed E-state index contributed by atoms with van der Waals surface area (Å²) in [6.45, 7) is 5.43. The highest BCUT2D eigenvalue weighted by atomic mass is 16.2. The Kier molecular flexibility index (Phi) is 3.56. The summed E-state index contributed by atoms with van der Waals surface area (Å²) in [5.41, 5.74) is 0. The van der Waals surface area contributed by atoms with Gasteiger partial charge in [-0.15, -0.1) is 0 Å². The van der Waals surface area contributed by atoms with Crippen LogP contribution in [0.4, 0.5) is 0 Å². The highest BCUT2D eigenvalue weighted by Crippen LogP contribution is 2.05. The van der Waals surface area contributed by atoms with Crippen LogP contribution in [-0.4, -0.2) is 46.0 Å². The Morgan fingerprint density at radius 2 is 2.50 bits per heavy atom. The smallest absolute Gasteiger partial charge is 0.224 e. The van der Waals surface area contributed by atoms with Crippen LogP contribution in [0.1, 0.15) is 13.3 Å². The van der Waals surface area contributed by atoms with Crippen molar-refractivity contribution in [2.24, 2.45) is 0 Å². The molecule has 0 saturated carbocycles. The van der Waals surface area contributed by atoms with E-state index in [0.717, 1.165) is 26.2 Å². The topological polar surface area (TPSA) is 50.2 Å². The van der Waals surface area contributed by atoms with E-state index in [1.807, 2.05) is 15.7 Å². The minimum absolute atomic E-state index is 0.239. The minimum Gasteiger partial charge on any atom is -0.337 e. The van der Waals surface area contributed by atoms with Crippen molar-refractivity contribution >= 4 is 5.91 Å². The highest BCUT2D eigenvalue weighted by molar-refractivity contribution is 5.76. The van der Waals surface area contributed by atoms with Gasteiger partial charge in [-0.3, -0.25) is 4.79 Å². The number of hydrogen-bond donors (Lipinski definition) is 1. The van der Waals surface area contributed by atoms with Crippen molar-refractivity contribution < 1.29 is 4.79 Å². The monoisotopic (exact) mass is 222 g/mol. The maximum Gasteiger partial charge on any atom is 0.224 e. The van der Waals surface area contributed by atoms with E-state index in [9.17, 15) is 4.79 Å². The molecule has 1 aromatic rings. The van der Waals surface area contributed by atoms with Gasteiger partial charge in [0.2, 0.25) is 5.91 Å². The SMILES string of the molecule is C[C@@H]1CNCCN1C(=O)CCn1ccnc1. The third-order valence-electron chi connectivity index (χ3n) is 2.96. The normalized spacial score (nSPS) is 21.1. The predicted octanol–water partition coefficient (Wildman–Crippen LogP) is 0.0935. The number of hydrogen-bond acceptors (Lipinski definition) is 3. The summed E-state index contributed by atoms with van der Waals surface area (Å²) in [4.78, 5) is 17.9. The first kappa shape index (κ1) is 11.1. The van der Waals surface area contributed by atoms with Gasteiger partial charge >= 0.3 is 0 Å². The fraction of sp³-hybridized carbons (Fsp3) is 0.636. The second kappa shape index (κ2) is 5.12. The third kappa shape index (κ3) is 2.61. The van der Waals surface area contributed by atoms with Crippen LogP contribution in [-0.2, 0) is 11.3 Å². The van der Waals surface area contributed by atoms with Crippen molar-refractivity contribution in [3.8, 4) is 0 Å². The third-order valence-corrected chi connectivity index (χ3v) is 2.96. The number of rotatable bonds is 3. The van der Waals surface area contributed by atoms with Crippen molar-refractivity contribution in [2.75, 3.05) is 19.6 Å². The van der Waals surface area contributed by atoms with E-state index in [4.69, 9.17) is 0 Å². The predicted molar refractivity (Wildman–Crippen MR) is 60.9 cm³/mol.